The number of carbonyl (C=O) groups excluding carboxylic acids is 2. The average Bonchev–Trinajstić information content (AvgIpc) is 3.52. The third kappa shape index (κ3) is 4.03. The van der Waals surface area contributed by atoms with E-state index in [1.54, 1.807) is 0 Å². The van der Waals surface area contributed by atoms with Gasteiger partial charge in [0.1, 0.15) is 0 Å². The first-order valence-electron chi connectivity index (χ1n) is 13.9. The van der Waals surface area contributed by atoms with E-state index in [1.807, 2.05) is 150 Å². The average molecular weight is 533 g/mol. The molecule has 0 radical (unpaired) electrons. The van der Waals surface area contributed by atoms with E-state index in [9.17, 15) is 9.59 Å². The van der Waals surface area contributed by atoms with Crippen molar-refractivity contribution in [3.63, 3.8) is 0 Å². The zero-order chi connectivity index (χ0) is 27.8. The van der Waals surface area contributed by atoms with Crippen LogP contribution in [0.4, 0.5) is 5.69 Å². The second-order valence-corrected chi connectivity index (χ2v) is 10.5. The summed E-state index contributed by atoms with van der Waals surface area (Å²) in [5.74, 6) is -0.173. The molecule has 198 valence electrons. The van der Waals surface area contributed by atoms with Crippen LogP contribution in [0.25, 0.3) is 5.57 Å². The lowest BCUT2D eigenvalue weighted by atomic mass is 9.79. The highest BCUT2D eigenvalue weighted by molar-refractivity contribution is 6.23. The largest absolute Gasteiger partial charge is 0.305 e. The van der Waals surface area contributed by atoms with Crippen molar-refractivity contribution in [1.29, 1.82) is 0 Å². The first-order chi connectivity index (χ1) is 20.2. The summed E-state index contributed by atoms with van der Waals surface area (Å²) >= 11 is 0. The maximum absolute atomic E-state index is 15.0. The predicted molar refractivity (Wildman–Crippen MR) is 162 cm³/mol. The number of hydrogen-bond acceptors (Lipinski definition) is 3. The Balaban J connectivity index is 1.52. The number of hydrogen-bond donors (Lipinski definition) is 1. The maximum atomic E-state index is 15.0. The fourth-order valence-corrected chi connectivity index (χ4v) is 6.33. The normalized spacial score (nSPS) is 19.6. The van der Waals surface area contributed by atoms with Gasteiger partial charge in [-0.3, -0.25) is 14.9 Å². The Bertz CT molecular complexity index is 1770. The van der Waals surface area contributed by atoms with E-state index in [0.717, 1.165) is 27.9 Å². The molecule has 2 aliphatic heterocycles. The molecule has 0 bridgehead atoms. The molecule has 0 aliphatic carbocycles. The van der Waals surface area contributed by atoms with Crippen molar-refractivity contribution in [1.82, 2.24) is 5.32 Å². The molecule has 0 saturated carbocycles. The minimum atomic E-state index is -1.24. The molecule has 0 aromatic heterocycles. The van der Waals surface area contributed by atoms with Crippen LogP contribution in [0.5, 0.6) is 0 Å². The second kappa shape index (κ2) is 10.2. The second-order valence-electron chi connectivity index (χ2n) is 10.5. The Morgan fingerprint density at radius 2 is 1.24 bits per heavy atom. The monoisotopic (exact) mass is 532 g/mol. The minimum Gasteiger partial charge on any atom is -0.305 e. The molecule has 1 amide bonds. The number of ketones is 1. The molecule has 0 saturated heterocycles. The number of carbonyl (C=O) groups is 2. The van der Waals surface area contributed by atoms with E-state index in [2.05, 4.69) is 5.32 Å². The predicted octanol–water partition coefficient (Wildman–Crippen LogP) is 7.11. The van der Waals surface area contributed by atoms with E-state index < -0.39 is 11.6 Å². The van der Waals surface area contributed by atoms with Crippen molar-refractivity contribution in [3.8, 4) is 0 Å². The van der Waals surface area contributed by atoms with Crippen molar-refractivity contribution >= 4 is 23.0 Å². The van der Waals surface area contributed by atoms with Crippen LogP contribution in [0.1, 0.15) is 38.7 Å². The molecular formula is C37H28N2O2. The molecule has 41 heavy (non-hydrogen) atoms. The summed E-state index contributed by atoms with van der Waals surface area (Å²) < 4.78 is 0. The minimum absolute atomic E-state index is 0.0850. The van der Waals surface area contributed by atoms with Gasteiger partial charge in [0.25, 0.3) is 5.91 Å². The van der Waals surface area contributed by atoms with Crippen molar-refractivity contribution in [2.45, 2.75) is 18.1 Å². The van der Waals surface area contributed by atoms with Crippen LogP contribution in [0.2, 0.25) is 0 Å². The van der Waals surface area contributed by atoms with Crippen molar-refractivity contribution in [3.05, 3.63) is 179 Å². The number of para-hydroxylation sites is 1. The van der Waals surface area contributed by atoms with Gasteiger partial charge >= 0.3 is 0 Å². The SMILES string of the molecule is O=C(C1=C(c2ccccc2)[C@@]2(N[C@@H]1c1ccccc1)C(=O)N(Cc1ccccc1)c1ccccc12)c1ccccc1. The fourth-order valence-electron chi connectivity index (χ4n) is 6.33. The number of fused-ring (bicyclic) bond motifs is 2. The molecule has 2 heterocycles. The summed E-state index contributed by atoms with van der Waals surface area (Å²) in [4.78, 5) is 31.4. The molecule has 4 nitrogen and oxygen atoms in total. The molecule has 2 atom stereocenters. The summed E-state index contributed by atoms with van der Waals surface area (Å²) in [6, 6.07) is 46.7. The van der Waals surface area contributed by atoms with Gasteiger partial charge < -0.3 is 4.90 Å². The number of Topliss-reactive ketones (excluding diaryl/α,β-unsaturated/α-hetero) is 1. The number of nitrogens with one attached hydrogen (secondary N) is 1. The van der Waals surface area contributed by atoms with Gasteiger partial charge in [-0.25, -0.2) is 0 Å². The van der Waals surface area contributed by atoms with Crippen molar-refractivity contribution in [2.24, 2.45) is 0 Å². The summed E-state index contributed by atoms with van der Waals surface area (Å²) in [6.45, 7) is 0.431. The van der Waals surface area contributed by atoms with Gasteiger partial charge in [0.2, 0.25) is 0 Å². The number of nitrogens with zero attached hydrogens (tertiary/aromatic N) is 1. The Hall–Kier alpha value is -5.06. The quantitative estimate of drug-likeness (QED) is 0.237. The third-order valence-electron chi connectivity index (χ3n) is 8.12. The van der Waals surface area contributed by atoms with Crippen LogP contribution in [0, 0.1) is 0 Å². The van der Waals surface area contributed by atoms with Crippen LogP contribution in [0.3, 0.4) is 0 Å². The zero-order valence-corrected chi connectivity index (χ0v) is 22.4. The van der Waals surface area contributed by atoms with Gasteiger partial charge in [0, 0.05) is 22.3 Å². The first kappa shape index (κ1) is 24.9. The Morgan fingerprint density at radius 1 is 0.683 bits per heavy atom. The molecule has 7 rings (SSSR count). The fraction of sp³-hybridized carbons (Fsp3) is 0.0811. The van der Waals surface area contributed by atoms with Crippen LogP contribution in [-0.2, 0) is 16.9 Å². The zero-order valence-electron chi connectivity index (χ0n) is 22.4. The molecular weight excluding hydrogens is 504 g/mol. The Morgan fingerprint density at radius 3 is 1.93 bits per heavy atom. The third-order valence-corrected chi connectivity index (χ3v) is 8.12. The van der Waals surface area contributed by atoms with E-state index in [-0.39, 0.29) is 11.7 Å². The Kier molecular flexibility index (Phi) is 6.18. The molecule has 1 N–H and O–H groups in total. The number of benzene rings is 5. The highest BCUT2D eigenvalue weighted by Crippen LogP contribution is 2.56. The van der Waals surface area contributed by atoms with Gasteiger partial charge in [0.05, 0.1) is 18.3 Å². The highest BCUT2D eigenvalue weighted by atomic mass is 16.2. The molecule has 0 unspecified atom stereocenters. The van der Waals surface area contributed by atoms with Gasteiger partial charge in [-0.2, -0.15) is 0 Å². The Labute approximate surface area is 239 Å². The lowest BCUT2D eigenvalue weighted by molar-refractivity contribution is -0.122. The molecule has 4 heteroatoms. The molecule has 2 aliphatic rings. The summed E-state index contributed by atoms with van der Waals surface area (Å²) in [6.07, 6.45) is 0. The van der Waals surface area contributed by atoms with E-state index in [1.165, 1.54) is 0 Å². The number of anilines is 1. The molecule has 0 fully saturated rings. The highest BCUT2D eigenvalue weighted by Gasteiger charge is 2.60. The molecule has 5 aromatic rings. The van der Waals surface area contributed by atoms with Crippen LogP contribution in [-0.4, -0.2) is 11.7 Å². The molecule has 1 spiro atoms. The van der Waals surface area contributed by atoms with E-state index >= 15 is 0 Å². The summed E-state index contributed by atoms with van der Waals surface area (Å²) in [5, 5.41) is 3.77. The van der Waals surface area contributed by atoms with Gasteiger partial charge in [-0.05, 0) is 22.8 Å². The summed E-state index contributed by atoms with van der Waals surface area (Å²) in [7, 11) is 0. The van der Waals surface area contributed by atoms with Crippen LogP contribution < -0.4 is 10.2 Å². The van der Waals surface area contributed by atoms with Crippen molar-refractivity contribution in [2.75, 3.05) is 4.90 Å². The van der Waals surface area contributed by atoms with Crippen LogP contribution >= 0.6 is 0 Å². The van der Waals surface area contributed by atoms with E-state index in [4.69, 9.17) is 0 Å². The lowest BCUT2D eigenvalue weighted by Crippen LogP contribution is -2.49. The summed E-state index contributed by atoms with van der Waals surface area (Å²) in [5.41, 5.74) is 5.19. The van der Waals surface area contributed by atoms with Crippen molar-refractivity contribution < 1.29 is 9.59 Å². The number of rotatable bonds is 6. The maximum Gasteiger partial charge on any atom is 0.257 e. The standard InChI is InChI=1S/C37H28N2O2/c40-35(29-21-11-4-12-22-29)32-33(27-17-7-2-8-18-27)37(38-34(32)28-19-9-3-10-20-28)30-23-13-14-24-31(30)39(36(37)41)25-26-15-5-1-6-16-26/h1-24,34,38H,25H2/t34-,37-/m1/s1. The van der Waals surface area contributed by atoms with Gasteiger partial charge in [-0.15, -0.1) is 0 Å². The lowest BCUT2D eigenvalue weighted by Gasteiger charge is -2.29. The topological polar surface area (TPSA) is 49.4 Å². The number of amides is 1. The smallest absolute Gasteiger partial charge is 0.257 e. The van der Waals surface area contributed by atoms with E-state index in [0.29, 0.717) is 23.3 Å². The first-order valence-corrected chi connectivity index (χ1v) is 13.9. The van der Waals surface area contributed by atoms with Crippen LogP contribution in [0.15, 0.2) is 151 Å². The van der Waals surface area contributed by atoms with Gasteiger partial charge in [-0.1, -0.05) is 140 Å². The van der Waals surface area contributed by atoms with Gasteiger partial charge in [0.15, 0.2) is 11.3 Å². The molecule has 5 aromatic carbocycles.